The topological polar surface area (TPSA) is 59.9 Å². The van der Waals surface area contributed by atoms with Crippen molar-refractivity contribution >= 4 is 57.9 Å². The lowest BCUT2D eigenvalue weighted by Crippen LogP contribution is -2.17. The van der Waals surface area contributed by atoms with E-state index in [1.54, 1.807) is 42.5 Å². The molecular weight excluding hydrogens is 557 g/mol. The van der Waals surface area contributed by atoms with Gasteiger partial charge in [0.2, 0.25) is 0 Å². The van der Waals surface area contributed by atoms with Crippen LogP contribution in [-0.2, 0) is 6.61 Å². The van der Waals surface area contributed by atoms with Gasteiger partial charge in [0.15, 0.2) is 5.75 Å². The molecule has 0 aromatic heterocycles. The van der Waals surface area contributed by atoms with Crippen LogP contribution in [0.1, 0.15) is 21.5 Å². The number of carbonyl (C=O) groups excluding carboxylic acids is 1. The SMILES string of the molecule is COc1cc(C(=O)N/N=C\c2cc(Cl)c(OCc3ccc(F)cc3)c(Cl)c2)ccc1I. The van der Waals surface area contributed by atoms with Crippen LogP contribution in [0, 0.1) is 9.39 Å². The first-order valence-corrected chi connectivity index (χ1v) is 10.7. The Morgan fingerprint density at radius 1 is 1.13 bits per heavy atom. The number of hydrazone groups is 1. The number of nitrogens with one attached hydrogen (secondary N) is 1. The van der Waals surface area contributed by atoms with Crippen LogP contribution in [0.4, 0.5) is 4.39 Å². The highest BCUT2D eigenvalue weighted by atomic mass is 127. The van der Waals surface area contributed by atoms with E-state index in [0.717, 1.165) is 9.13 Å². The number of nitrogens with zero attached hydrogens (tertiary/aromatic N) is 1. The second kappa shape index (κ2) is 10.8. The first-order valence-electron chi connectivity index (χ1n) is 8.90. The zero-order valence-electron chi connectivity index (χ0n) is 16.2. The van der Waals surface area contributed by atoms with Crippen molar-refractivity contribution in [3.8, 4) is 11.5 Å². The molecule has 9 heteroatoms. The van der Waals surface area contributed by atoms with Crippen molar-refractivity contribution in [3.05, 3.63) is 90.7 Å². The van der Waals surface area contributed by atoms with Crippen molar-refractivity contribution in [1.82, 2.24) is 5.43 Å². The van der Waals surface area contributed by atoms with E-state index in [0.29, 0.717) is 22.6 Å². The highest BCUT2D eigenvalue weighted by molar-refractivity contribution is 14.1. The predicted octanol–water partition coefficient (Wildman–Crippen LogP) is 6.09. The Morgan fingerprint density at radius 2 is 1.81 bits per heavy atom. The minimum Gasteiger partial charge on any atom is -0.496 e. The molecule has 0 atom stereocenters. The van der Waals surface area contributed by atoms with Gasteiger partial charge < -0.3 is 9.47 Å². The number of methoxy groups -OCH3 is 1. The minimum absolute atomic E-state index is 0.183. The fraction of sp³-hybridized carbons (Fsp3) is 0.0909. The zero-order chi connectivity index (χ0) is 22.4. The molecule has 0 saturated heterocycles. The summed E-state index contributed by atoms with van der Waals surface area (Å²) in [5, 5.41) is 4.51. The molecular formula is C22H16Cl2FIN2O3. The van der Waals surface area contributed by atoms with E-state index in [9.17, 15) is 9.18 Å². The molecule has 3 aromatic rings. The number of carbonyl (C=O) groups is 1. The average Bonchev–Trinajstić information content (AvgIpc) is 2.74. The number of amides is 1. The van der Waals surface area contributed by atoms with Gasteiger partial charge in [0.05, 0.1) is 26.9 Å². The number of benzene rings is 3. The van der Waals surface area contributed by atoms with Crippen molar-refractivity contribution in [2.45, 2.75) is 6.61 Å². The maximum Gasteiger partial charge on any atom is 0.271 e. The van der Waals surface area contributed by atoms with E-state index >= 15 is 0 Å². The lowest BCUT2D eigenvalue weighted by Gasteiger charge is -2.11. The van der Waals surface area contributed by atoms with Crippen molar-refractivity contribution < 1.29 is 18.7 Å². The maximum atomic E-state index is 13.0. The van der Waals surface area contributed by atoms with E-state index in [1.807, 2.05) is 0 Å². The molecule has 3 rings (SSSR count). The highest BCUT2D eigenvalue weighted by Crippen LogP contribution is 2.34. The van der Waals surface area contributed by atoms with Crippen LogP contribution in [0.15, 0.2) is 59.7 Å². The second-order valence-corrected chi connectivity index (χ2v) is 8.25. The summed E-state index contributed by atoms with van der Waals surface area (Å²) in [5.74, 6) is 0.200. The molecule has 0 radical (unpaired) electrons. The standard InChI is InChI=1S/C22H16Cl2FIN2O3/c1-30-20-10-15(4-7-19(20)26)22(29)28-27-11-14-8-17(23)21(18(24)9-14)31-12-13-2-5-16(25)6-3-13/h2-11H,12H2,1H3,(H,28,29)/b27-11-. The Bertz CT molecular complexity index is 1100. The van der Waals surface area contributed by atoms with E-state index in [-0.39, 0.29) is 28.4 Å². The molecule has 0 saturated carbocycles. The quantitative estimate of drug-likeness (QED) is 0.212. The molecule has 31 heavy (non-hydrogen) atoms. The van der Waals surface area contributed by atoms with Gasteiger partial charge in [-0.25, -0.2) is 9.82 Å². The summed E-state index contributed by atoms with van der Waals surface area (Å²) in [7, 11) is 1.54. The van der Waals surface area contributed by atoms with Gasteiger partial charge in [-0.1, -0.05) is 35.3 Å². The van der Waals surface area contributed by atoms with Crippen molar-refractivity contribution in [2.24, 2.45) is 5.10 Å². The van der Waals surface area contributed by atoms with Crippen molar-refractivity contribution in [3.63, 3.8) is 0 Å². The lowest BCUT2D eigenvalue weighted by molar-refractivity contribution is 0.0954. The van der Waals surface area contributed by atoms with Gasteiger partial charge in [-0.2, -0.15) is 5.10 Å². The Balaban J connectivity index is 1.64. The number of hydrogen-bond acceptors (Lipinski definition) is 4. The van der Waals surface area contributed by atoms with E-state index in [1.165, 1.54) is 25.5 Å². The van der Waals surface area contributed by atoms with Crippen LogP contribution in [-0.4, -0.2) is 19.2 Å². The number of hydrogen-bond donors (Lipinski definition) is 1. The Hall–Kier alpha value is -2.36. The van der Waals surface area contributed by atoms with Crippen LogP contribution >= 0.6 is 45.8 Å². The minimum atomic E-state index is -0.387. The van der Waals surface area contributed by atoms with Crippen molar-refractivity contribution in [2.75, 3.05) is 7.11 Å². The molecule has 0 heterocycles. The fourth-order valence-electron chi connectivity index (χ4n) is 2.56. The Morgan fingerprint density at radius 3 is 2.45 bits per heavy atom. The number of halogens is 4. The normalized spacial score (nSPS) is 10.9. The van der Waals surface area contributed by atoms with Crippen LogP contribution in [0.25, 0.3) is 0 Å². The van der Waals surface area contributed by atoms with Crippen molar-refractivity contribution in [1.29, 1.82) is 0 Å². The molecule has 0 fully saturated rings. The number of rotatable bonds is 7. The lowest BCUT2D eigenvalue weighted by atomic mass is 10.2. The van der Waals surface area contributed by atoms with Crippen LogP contribution in [0.5, 0.6) is 11.5 Å². The van der Waals surface area contributed by atoms with Gasteiger partial charge in [-0.05, 0) is 76.2 Å². The maximum absolute atomic E-state index is 13.0. The van der Waals surface area contributed by atoms with E-state index in [4.69, 9.17) is 32.7 Å². The van der Waals surface area contributed by atoms with Gasteiger partial charge >= 0.3 is 0 Å². The molecule has 3 aromatic carbocycles. The summed E-state index contributed by atoms with van der Waals surface area (Å²) in [6.07, 6.45) is 1.42. The third kappa shape index (κ3) is 6.32. The van der Waals surface area contributed by atoms with Gasteiger partial charge in [0, 0.05) is 5.56 Å². The summed E-state index contributed by atoms with van der Waals surface area (Å²) in [5.41, 5.74) is 4.21. The second-order valence-electron chi connectivity index (χ2n) is 6.28. The summed E-state index contributed by atoms with van der Waals surface area (Å²) >= 11 is 14.7. The summed E-state index contributed by atoms with van der Waals surface area (Å²) in [6, 6.07) is 14.2. The smallest absolute Gasteiger partial charge is 0.271 e. The van der Waals surface area contributed by atoms with Crippen LogP contribution < -0.4 is 14.9 Å². The largest absolute Gasteiger partial charge is 0.496 e. The molecule has 0 bridgehead atoms. The summed E-state index contributed by atoms with van der Waals surface area (Å²) < 4.78 is 24.8. The molecule has 0 spiro atoms. The molecule has 1 amide bonds. The summed E-state index contributed by atoms with van der Waals surface area (Å²) in [4.78, 5) is 12.3. The van der Waals surface area contributed by atoms with Gasteiger partial charge in [0.1, 0.15) is 18.2 Å². The number of ether oxygens (including phenoxy) is 2. The van der Waals surface area contributed by atoms with Gasteiger partial charge in [-0.3, -0.25) is 4.79 Å². The first kappa shape index (κ1) is 23.3. The molecule has 5 nitrogen and oxygen atoms in total. The van der Waals surface area contributed by atoms with Gasteiger partial charge in [-0.15, -0.1) is 0 Å². The third-order valence-corrected chi connectivity index (χ3v) is 5.56. The average molecular weight is 573 g/mol. The van der Waals surface area contributed by atoms with E-state index in [2.05, 4.69) is 33.1 Å². The molecule has 0 aliphatic heterocycles. The summed E-state index contributed by atoms with van der Waals surface area (Å²) in [6.45, 7) is 0.183. The molecule has 0 aliphatic rings. The predicted molar refractivity (Wildman–Crippen MR) is 128 cm³/mol. The monoisotopic (exact) mass is 572 g/mol. The molecule has 0 unspecified atom stereocenters. The highest BCUT2D eigenvalue weighted by Gasteiger charge is 2.11. The fourth-order valence-corrected chi connectivity index (χ4v) is 3.73. The zero-order valence-corrected chi connectivity index (χ0v) is 19.8. The molecule has 160 valence electrons. The Kier molecular flexibility index (Phi) is 8.11. The van der Waals surface area contributed by atoms with E-state index < -0.39 is 0 Å². The van der Waals surface area contributed by atoms with Crippen LogP contribution in [0.2, 0.25) is 10.0 Å². The first-order chi connectivity index (χ1) is 14.9. The van der Waals surface area contributed by atoms with Crippen LogP contribution in [0.3, 0.4) is 0 Å². The molecule has 1 N–H and O–H groups in total. The van der Waals surface area contributed by atoms with Gasteiger partial charge in [0.25, 0.3) is 5.91 Å². The molecule has 0 aliphatic carbocycles. The third-order valence-electron chi connectivity index (χ3n) is 4.11. The Labute approximate surface area is 202 Å².